The quantitative estimate of drug-likeness (QED) is 0.603. The van der Waals surface area contributed by atoms with Crippen molar-refractivity contribution in [2.75, 3.05) is 0 Å². The number of benzene rings is 1. The zero-order valence-electron chi connectivity index (χ0n) is 10.1. The topological polar surface area (TPSA) is 49.4 Å². The molecular weight excluding hydrogens is 267 g/mol. The second-order valence-electron chi connectivity index (χ2n) is 4.86. The molecule has 2 aliphatic rings. The molecule has 1 aromatic carbocycles. The van der Waals surface area contributed by atoms with Crippen LogP contribution in [0.4, 0.5) is 4.39 Å². The van der Waals surface area contributed by atoms with Crippen LogP contribution in [0.2, 0.25) is 0 Å². The van der Waals surface area contributed by atoms with Crippen molar-refractivity contribution in [1.29, 1.82) is 0 Å². The van der Waals surface area contributed by atoms with E-state index < -0.39 is 0 Å². The highest BCUT2D eigenvalue weighted by Crippen LogP contribution is 2.39. The van der Waals surface area contributed by atoms with Crippen molar-refractivity contribution in [2.45, 2.75) is 30.8 Å². The second-order valence-corrected chi connectivity index (χ2v) is 5.35. The summed E-state index contributed by atoms with van der Waals surface area (Å²) in [5.74, 6) is -0.828. The van der Waals surface area contributed by atoms with Crippen molar-refractivity contribution in [3.63, 3.8) is 0 Å². The lowest BCUT2D eigenvalue weighted by atomic mass is 10.0. The Labute approximate surface area is 115 Å². The number of carbonyl (C=O) groups excluding carboxylic acids is 2. The Morgan fingerprint density at radius 1 is 1.37 bits per heavy atom. The molecule has 2 atom stereocenters. The molecule has 100 valence electrons. The standard InChI is InChI=1S/C13H13FN2O2S/c14-8-2-1-7-6-16(13(19)9(7)5-8)10-3-4-11(17)15-12(10)18/h1-2,5,10,13,19H,3-4,6H2,(H,15,17,18). The Morgan fingerprint density at radius 3 is 2.89 bits per heavy atom. The number of piperidine rings is 1. The molecular formula is C13H13FN2O2S. The average molecular weight is 280 g/mol. The summed E-state index contributed by atoms with van der Waals surface area (Å²) in [5, 5.41) is 2.03. The van der Waals surface area contributed by atoms with Gasteiger partial charge in [0.2, 0.25) is 11.8 Å². The van der Waals surface area contributed by atoms with Crippen molar-refractivity contribution < 1.29 is 14.0 Å². The molecule has 2 heterocycles. The van der Waals surface area contributed by atoms with Gasteiger partial charge in [-0.2, -0.15) is 12.6 Å². The molecule has 4 nitrogen and oxygen atoms in total. The molecule has 3 rings (SSSR count). The van der Waals surface area contributed by atoms with E-state index in [1.54, 1.807) is 6.07 Å². The van der Waals surface area contributed by atoms with Crippen molar-refractivity contribution in [2.24, 2.45) is 0 Å². The Morgan fingerprint density at radius 2 is 2.16 bits per heavy atom. The number of imide groups is 1. The number of hydrogen-bond donors (Lipinski definition) is 2. The molecule has 1 fully saturated rings. The van der Waals surface area contributed by atoms with Gasteiger partial charge in [-0.25, -0.2) is 4.39 Å². The predicted molar refractivity (Wildman–Crippen MR) is 69.8 cm³/mol. The van der Waals surface area contributed by atoms with Crippen LogP contribution in [0.3, 0.4) is 0 Å². The first-order chi connectivity index (χ1) is 9.06. The molecule has 6 heteroatoms. The fourth-order valence-electron chi connectivity index (χ4n) is 2.69. The lowest BCUT2D eigenvalue weighted by Crippen LogP contribution is -2.51. The predicted octanol–water partition coefficient (Wildman–Crippen LogP) is 1.37. The number of carbonyl (C=O) groups is 2. The van der Waals surface area contributed by atoms with Crippen LogP contribution in [0, 0.1) is 5.82 Å². The molecule has 0 spiro atoms. The Bertz CT molecular complexity index is 564. The third-order valence-electron chi connectivity index (χ3n) is 3.66. The van der Waals surface area contributed by atoms with Crippen molar-refractivity contribution in [1.82, 2.24) is 10.2 Å². The van der Waals surface area contributed by atoms with Gasteiger partial charge in [0.15, 0.2) is 0 Å². The summed E-state index contributed by atoms with van der Waals surface area (Å²) >= 11 is 4.48. The third-order valence-corrected chi connectivity index (χ3v) is 4.24. The summed E-state index contributed by atoms with van der Waals surface area (Å²) in [6, 6.07) is 4.21. The summed E-state index contributed by atoms with van der Waals surface area (Å²) in [7, 11) is 0. The van der Waals surface area contributed by atoms with Crippen LogP contribution in [0.1, 0.15) is 29.3 Å². The number of rotatable bonds is 1. The molecule has 0 bridgehead atoms. The summed E-state index contributed by atoms with van der Waals surface area (Å²) < 4.78 is 13.3. The first-order valence-electron chi connectivity index (χ1n) is 6.12. The number of hydrogen-bond acceptors (Lipinski definition) is 4. The maximum atomic E-state index is 13.3. The van der Waals surface area contributed by atoms with E-state index in [2.05, 4.69) is 17.9 Å². The van der Waals surface area contributed by atoms with Gasteiger partial charge in [0.05, 0.1) is 11.4 Å². The normalized spacial score (nSPS) is 27.3. The van der Waals surface area contributed by atoms with Gasteiger partial charge in [-0.1, -0.05) is 6.07 Å². The van der Waals surface area contributed by atoms with Crippen LogP contribution < -0.4 is 5.32 Å². The molecule has 0 aliphatic carbocycles. The Balaban J connectivity index is 1.85. The van der Waals surface area contributed by atoms with Crippen molar-refractivity contribution in [3.05, 3.63) is 35.1 Å². The van der Waals surface area contributed by atoms with Crippen LogP contribution in [0.25, 0.3) is 0 Å². The van der Waals surface area contributed by atoms with Crippen molar-refractivity contribution in [3.8, 4) is 0 Å². The molecule has 2 unspecified atom stereocenters. The average Bonchev–Trinajstić information content (AvgIpc) is 2.67. The molecule has 1 N–H and O–H groups in total. The molecule has 19 heavy (non-hydrogen) atoms. The molecule has 2 aliphatic heterocycles. The fourth-order valence-corrected chi connectivity index (χ4v) is 3.17. The number of nitrogens with zero attached hydrogens (tertiary/aromatic N) is 1. The number of fused-ring (bicyclic) bond motifs is 1. The third kappa shape index (κ3) is 2.15. The summed E-state index contributed by atoms with van der Waals surface area (Å²) in [6.45, 7) is 0.552. The highest BCUT2D eigenvalue weighted by molar-refractivity contribution is 7.80. The van der Waals surface area contributed by atoms with Crippen LogP contribution in [0.15, 0.2) is 18.2 Å². The molecule has 0 radical (unpaired) electrons. The highest BCUT2D eigenvalue weighted by atomic mass is 32.1. The van der Waals surface area contributed by atoms with Gasteiger partial charge in [-0.3, -0.25) is 19.8 Å². The molecule has 1 saturated heterocycles. The molecule has 2 amide bonds. The van der Waals surface area contributed by atoms with E-state index in [0.29, 0.717) is 19.4 Å². The summed E-state index contributed by atoms with van der Waals surface area (Å²) in [4.78, 5) is 24.9. The maximum Gasteiger partial charge on any atom is 0.243 e. The van der Waals surface area contributed by atoms with Gasteiger partial charge < -0.3 is 0 Å². The molecule has 1 aromatic rings. The zero-order chi connectivity index (χ0) is 13.6. The molecule has 0 aromatic heterocycles. The van der Waals surface area contributed by atoms with Gasteiger partial charge in [-0.05, 0) is 29.7 Å². The summed E-state index contributed by atoms with van der Waals surface area (Å²) in [5.41, 5.74) is 1.78. The SMILES string of the molecule is O=C1CCC(N2Cc3ccc(F)cc3C2S)C(=O)N1. The van der Waals surface area contributed by atoms with E-state index in [1.807, 2.05) is 4.90 Å². The number of halogens is 1. The lowest BCUT2D eigenvalue weighted by Gasteiger charge is -2.32. The van der Waals surface area contributed by atoms with E-state index >= 15 is 0 Å². The van der Waals surface area contributed by atoms with Gasteiger partial charge in [0, 0.05) is 13.0 Å². The minimum absolute atomic E-state index is 0.236. The van der Waals surface area contributed by atoms with Gasteiger partial charge in [0.1, 0.15) is 5.82 Å². The van der Waals surface area contributed by atoms with E-state index in [1.165, 1.54) is 12.1 Å². The zero-order valence-corrected chi connectivity index (χ0v) is 11.0. The number of nitrogens with one attached hydrogen (secondary N) is 1. The van der Waals surface area contributed by atoms with Gasteiger partial charge >= 0.3 is 0 Å². The largest absolute Gasteiger partial charge is 0.295 e. The Hall–Kier alpha value is -1.40. The highest BCUT2D eigenvalue weighted by Gasteiger charge is 2.39. The van der Waals surface area contributed by atoms with Crippen LogP contribution >= 0.6 is 12.6 Å². The maximum absolute atomic E-state index is 13.3. The van der Waals surface area contributed by atoms with E-state index in [-0.39, 0.29) is 29.0 Å². The summed E-state index contributed by atoms with van der Waals surface area (Å²) in [6.07, 6.45) is 0.816. The van der Waals surface area contributed by atoms with Crippen LogP contribution in [-0.2, 0) is 16.1 Å². The number of amides is 2. The van der Waals surface area contributed by atoms with E-state index in [9.17, 15) is 14.0 Å². The van der Waals surface area contributed by atoms with Gasteiger partial charge in [-0.15, -0.1) is 0 Å². The second kappa shape index (κ2) is 4.61. The fraction of sp³-hybridized carbons (Fsp3) is 0.385. The molecule has 0 saturated carbocycles. The van der Waals surface area contributed by atoms with Crippen LogP contribution in [-0.4, -0.2) is 22.8 Å². The van der Waals surface area contributed by atoms with Gasteiger partial charge in [0.25, 0.3) is 0 Å². The van der Waals surface area contributed by atoms with E-state index in [0.717, 1.165) is 11.1 Å². The first kappa shape index (κ1) is 12.6. The monoisotopic (exact) mass is 280 g/mol. The number of thiol groups is 1. The smallest absolute Gasteiger partial charge is 0.243 e. The van der Waals surface area contributed by atoms with Crippen LogP contribution in [0.5, 0.6) is 0 Å². The van der Waals surface area contributed by atoms with E-state index in [4.69, 9.17) is 0 Å². The lowest BCUT2D eigenvalue weighted by molar-refractivity contribution is -0.137. The Kier molecular flexibility index (Phi) is 3.06. The minimum Gasteiger partial charge on any atom is -0.295 e. The minimum atomic E-state index is -0.379. The first-order valence-corrected chi connectivity index (χ1v) is 6.64. The van der Waals surface area contributed by atoms with Crippen molar-refractivity contribution >= 4 is 24.4 Å².